The van der Waals surface area contributed by atoms with Crippen molar-refractivity contribution in [3.8, 4) is 5.69 Å². The van der Waals surface area contributed by atoms with Gasteiger partial charge in [0.25, 0.3) is 5.91 Å². The maximum absolute atomic E-state index is 12.9. The zero-order chi connectivity index (χ0) is 17.5. The summed E-state index contributed by atoms with van der Waals surface area (Å²) in [4.78, 5) is 19.1. The zero-order valence-corrected chi connectivity index (χ0v) is 14.1. The van der Waals surface area contributed by atoms with Crippen molar-refractivity contribution in [2.75, 3.05) is 13.1 Å². The van der Waals surface area contributed by atoms with Crippen LogP contribution in [0.1, 0.15) is 29.4 Å². The average molecular weight is 336 g/mol. The van der Waals surface area contributed by atoms with Crippen molar-refractivity contribution in [2.24, 2.45) is 0 Å². The molecular formula is C18H20N6O. The second kappa shape index (κ2) is 8.14. The average Bonchev–Trinajstić information content (AvgIpc) is 3.20. The maximum atomic E-state index is 12.9. The predicted molar refractivity (Wildman–Crippen MR) is 93.3 cm³/mol. The molecule has 0 aliphatic heterocycles. The van der Waals surface area contributed by atoms with Crippen molar-refractivity contribution in [2.45, 2.75) is 19.8 Å². The van der Waals surface area contributed by atoms with Crippen LogP contribution in [0, 0.1) is 0 Å². The van der Waals surface area contributed by atoms with E-state index >= 15 is 0 Å². The third kappa shape index (κ3) is 4.26. The molecule has 0 atom stereocenters. The highest BCUT2D eigenvalue weighted by Gasteiger charge is 2.16. The van der Waals surface area contributed by atoms with E-state index in [-0.39, 0.29) is 5.91 Å². The van der Waals surface area contributed by atoms with Gasteiger partial charge in [-0.3, -0.25) is 9.78 Å². The van der Waals surface area contributed by atoms with Gasteiger partial charge in [-0.25, -0.2) is 4.68 Å². The SMILES string of the molecule is CCCN(CCc1ccccn1)C(=O)c1cccc(-n2cnnn2)c1. The molecule has 0 fully saturated rings. The predicted octanol–water partition coefficient (Wildman–Crippen LogP) is 2.15. The minimum Gasteiger partial charge on any atom is -0.338 e. The summed E-state index contributed by atoms with van der Waals surface area (Å²) in [6.07, 6.45) is 4.92. The van der Waals surface area contributed by atoms with Gasteiger partial charge < -0.3 is 4.90 Å². The Hall–Kier alpha value is -3.09. The summed E-state index contributed by atoms with van der Waals surface area (Å²) in [7, 11) is 0. The van der Waals surface area contributed by atoms with E-state index in [1.165, 1.54) is 11.0 Å². The molecule has 0 spiro atoms. The highest BCUT2D eigenvalue weighted by molar-refractivity contribution is 5.94. The van der Waals surface area contributed by atoms with Gasteiger partial charge in [0.15, 0.2) is 0 Å². The molecule has 7 heteroatoms. The highest BCUT2D eigenvalue weighted by atomic mass is 16.2. The topological polar surface area (TPSA) is 76.8 Å². The van der Waals surface area contributed by atoms with Crippen LogP contribution in [0.3, 0.4) is 0 Å². The van der Waals surface area contributed by atoms with Crippen LogP contribution >= 0.6 is 0 Å². The molecule has 3 rings (SSSR count). The molecule has 7 nitrogen and oxygen atoms in total. The first kappa shape index (κ1) is 16.8. The minimum atomic E-state index is 0.00713. The second-order valence-corrected chi connectivity index (χ2v) is 5.67. The summed E-state index contributed by atoms with van der Waals surface area (Å²) in [5.41, 5.74) is 2.37. The number of hydrogen-bond donors (Lipinski definition) is 0. The van der Waals surface area contributed by atoms with Gasteiger partial charge in [-0.15, -0.1) is 5.10 Å². The first-order chi connectivity index (χ1) is 12.3. The van der Waals surface area contributed by atoms with Gasteiger partial charge in [-0.2, -0.15) is 0 Å². The number of rotatable bonds is 7. The van der Waals surface area contributed by atoms with Crippen molar-refractivity contribution < 1.29 is 4.79 Å². The second-order valence-electron chi connectivity index (χ2n) is 5.67. The summed E-state index contributed by atoms with van der Waals surface area (Å²) in [6, 6.07) is 13.2. The lowest BCUT2D eigenvalue weighted by Crippen LogP contribution is -2.33. The van der Waals surface area contributed by atoms with Crippen molar-refractivity contribution in [1.82, 2.24) is 30.1 Å². The molecule has 0 radical (unpaired) electrons. The number of benzene rings is 1. The molecule has 0 N–H and O–H groups in total. The van der Waals surface area contributed by atoms with Crippen molar-refractivity contribution in [3.05, 3.63) is 66.2 Å². The molecule has 0 unspecified atom stereocenters. The van der Waals surface area contributed by atoms with Crippen LogP contribution in [-0.2, 0) is 6.42 Å². The van der Waals surface area contributed by atoms with Gasteiger partial charge in [0.05, 0.1) is 5.69 Å². The first-order valence-electron chi connectivity index (χ1n) is 8.30. The Morgan fingerprint density at radius 1 is 1.16 bits per heavy atom. The van der Waals surface area contributed by atoms with Crippen LogP contribution in [0.15, 0.2) is 55.0 Å². The summed E-state index contributed by atoms with van der Waals surface area (Å²) in [6.45, 7) is 3.41. The van der Waals surface area contributed by atoms with Crippen LogP contribution in [-0.4, -0.2) is 49.1 Å². The Morgan fingerprint density at radius 3 is 2.80 bits per heavy atom. The smallest absolute Gasteiger partial charge is 0.253 e. The van der Waals surface area contributed by atoms with E-state index in [0.29, 0.717) is 18.7 Å². The molecule has 0 saturated carbocycles. The lowest BCUT2D eigenvalue weighted by molar-refractivity contribution is 0.0757. The van der Waals surface area contributed by atoms with Crippen molar-refractivity contribution in [3.63, 3.8) is 0 Å². The Morgan fingerprint density at radius 2 is 2.08 bits per heavy atom. The molecule has 1 amide bonds. The molecule has 0 saturated heterocycles. The van der Waals surface area contributed by atoms with Gasteiger partial charge >= 0.3 is 0 Å². The fourth-order valence-corrected chi connectivity index (χ4v) is 2.62. The number of pyridine rings is 1. The zero-order valence-electron chi connectivity index (χ0n) is 14.1. The highest BCUT2D eigenvalue weighted by Crippen LogP contribution is 2.12. The van der Waals surface area contributed by atoms with Gasteiger partial charge in [-0.1, -0.05) is 19.1 Å². The third-order valence-electron chi connectivity index (χ3n) is 3.85. The summed E-state index contributed by atoms with van der Waals surface area (Å²) >= 11 is 0. The van der Waals surface area contributed by atoms with E-state index in [1.807, 2.05) is 47.4 Å². The third-order valence-corrected chi connectivity index (χ3v) is 3.85. The van der Waals surface area contributed by atoms with Crippen molar-refractivity contribution in [1.29, 1.82) is 0 Å². The monoisotopic (exact) mass is 336 g/mol. The summed E-state index contributed by atoms with van der Waals surface area (Å²) in [5.74, 6) is 0.00713. The number of hydrogen-bond acceptors (Lipinski definition) is 5. The molecule has 128 valence electrons. The van der Waals surface area contributed by atoms with E-state index in [2.05, 4.69) is 27.4 Å². The van der Waals surface area contributed by atoms with Crippen LogP contribution in [0.25, 0.3) is 5.69 Å². The van der Waals surface area contributed by atoms with Crippen LogP contribution in [0.2, 0.25) is 0 Å². The number of tetrazole rings is 1. The summed E-state index contributed by atoms with van der Waals surface area (Å²) < 4.78 is 1.54. The van der Waals surface area contributed by atoms with E-state index in [4.69, 9.17) is 0 Å². The largest absolute Gasteiger partial charge is 0.338 e. The molecule has 1 aromatic carbocycles. The molecule has 0 bridgehead atoms. The first-order valence-corrected chi connectivity index (χ1v) is 8.30. The molecular weight excluding hydrogens is 316 g/mol. The maximum Gasteiger partial charge on any atom is 0.253 e. The lowest BCUT2D eigenvalue weighted by Gasteiger charge is -2.22. The normalized spacial score (nSPS) is 10.6. The van der Waals surface area contributed by atoms with E-state index < -0.39 is 0 Å². The lowest BCUT2D eigenvalue weighted by atomic mass is 10.1. The fraction of sp³-hybridized carbons (Fsp3) is 0.278. The van der Waals surface area contributed by atoms with E-state index in [0.717, 1.165) is 24.2 Å². The standard InChI is InChI=1S/C18H20N6O/c1-2-11-23(12-9-16-7-3-4-10-19-16)18(25)15-6-5-8-17(13-15)24-14-20-21-22-24/h3-8,10,13-14H,2,9,11-12H2,1H3. The van der Waals surface area contributed by atoms with Crippen molar-refractivity contribution >= 4 is 5.91 Å². The van der Waals surface area contributed by atoms with Gasteiger partial charge in [0.1, 0.15) is 6.33 Å². The molecule has 0 aliphatic rings. The molecule has 2 aromatic heterocycles. The minimum absolute atomic E-state index is 0.00713. The number of aromatic nitrogens is 5. The van der Waals surface area contributed by atoms with E-state index in [9.17, 15) is 4.79 Å². The van der Waals surface area contributed by atoms with Gasteiger partial charge in [-0.05, 0) is 47.2 Å². The number of amides is 1. The molecule has 2 heterocycles. The fourth-order valence-electron chi connectivity index (χ4n) is 2.62. The molecule has 3 aromatic rings. The van der Waals surface area contributed by atoms with E-state index in [1.54, 1.807) is 6.20 Å². The summed E-state index contributed by atoms with van der Waals surface area (Å²) in [5, 5.41) is 11.1. The van der Waals surface area contributed by atoms with Crippen LogP contribution in [0.4, 0.5) is 0 Å². The Kier molecular flexibility index (Phi) is 5.46. The van der Waals surface area contributed by atoms with Crippen LogP contribution in [0.5, 0.6) is 0 Å². The number of carbonyl (C=O) groups is 1. The molecule has 0 aliphatic carbocycles. The Balaban J connectivity index is 1.75. The molecule has 25 heavy (non-hydrogen) atoms. The number of carbonyl (C=O) groups excluding carboxylic acids is 1. The Labute approximate surface area is 146 Å². The number of nitrogens with zero attached hydrogens (tertiary/aromatic N) is 6. The van der Waals surface area contributed by atoms with Gasteiger partial charge in [0, 0.05) is 37.0 Å². The quantitative estimate of drug-likeness (QED) is 0.661. The van der Waals surface area contributed by atoms with Gasteiger partial charge in [0.2, 0.25) is 0 Å². The van der Waals surface area contributed by atoms with Crippen LogP contribution < -0.4 is 0 Å². The Bertz CT molecular complexity index is 803.